The van der Waals surface area contributed by atoms with E-state index in [2.05, 4.69) is 11.1 Å². The predicted octanol–water partition coefficient (Wildman–Crippen LogP) is 2.59. The van der Waals surface area contributed by atoms with E-state index in [1.165, 1.54) is 0 Å². The van der Waals surface area contributed by atoms with E-state index in [-0.39, 0.29) is 0 Å². The second-order valence-electron chi connectivity index (χ2n) is 2.85. The number of rotatable bonds is 3. The number of nitrogens with zero attached hydrogens (tertiary/aromatic N) is 2. The molecule has 2 rings (SSSR count). The highest BCUT2D eigenvalue weighted by molar-refractivity contribution is 7.09. The molecule has 0 spiro atoms. The number of hydrogen-bond donors (Lipinski definition) is 0. The van der Waals surface area contributed by atoms with E-state index < -0.39 is 0 Å². The van der Waals surface area contributed by atoms with E-state index in [1.807, 2.05) is 5.38 Å². The molecule has 0 bridgehead atoms. The van der Waals surface area contributed by atoms with Crippen LogP contribution in [0.15, 0.2) is 35.8 Å². The van der Waals surface area contributed by atoms with Crippen molar-refractivity contribution in [1.82, 2.24) is 4.98 Å². The van der Waals surface area contributed by atoms with E-state index in [4.69, 9.17) is 10.00 Å². The molecular formula is C11H8N2OS. The molecule has 1 aromatic heterocycles. The third kappa shape index (κ3) is 2.55. The van der Waals surface area contributed by atoms with Crippen molar-refractivity contribution in [2.24, 2.45) is 0 Å². The van der Waals surface area contributed by atoms with Crippen LogP contribution < -0.4 is 4.74 Å². The Hall–Kier alpha value is -1.86. The highest BCUT2D eigenvalue weighted by atomic mass is 32.1. The van der Waals surface area contributed by atoms with Crippen molar-refractivity contribution in [3.05, 3.63) is 46.4 Å². The number of nitriles is 1. The zero-order valence-electron chi connectivity index (χ0n) is 7.88. The number of ether oxygens (including phenoxy) is 1. The summed E-state index contributed by atoms with van der Waals surface area (Å²) in [4.78, 5) is 4.11. The van der Waals surface area contributed by atoms with Gasteiger partial charge in [-0.3, -0.25) is 0 Å². The van der Waals surface area contributed by atoms with Gasteiger partial charge in [-0.1, -0.05) is 0 Å². The van der Waals surface area contributed by atoms with Crippen molar-refractivity contribution in [3.8, 4) is 11.8 Å². The maximum Gasteiger partial charge on any atom is 0.140 e. The fourth-order valence-corrected chi connectivity index (χ4v) is 1.62. The first-order chi connectivity index (χ1) is 7.38. The van der Waals surface area contributed by atoms with Gasteiger partial charge in [0, 0.05) is 11.6 Å². The molecule has 4 heteroatoms. The van der Waals surface area contributed by atoms with Crippen LogP contribution in [0, 0.1) is 11.3 Å². The number of aromatic nitrogens is 1. The molecule has 0 saturated heterocycles. The normalized spacial score (nSPS) is 9.53. The average Bonchev–Trinajstić information content (AvgIpc) is 2.80. The van der Waals surface area contributed by atoms with Crippen LogP contribution in [0.3, 0.4) is 0 Å². The third-order valence-electron chi connectivity index (χ3n) is 1.83. The molecule has 0 aliphatic carbocycles. The number of benzene rings is 1. The van der Waals surface area contributed by atoms with Crippen LogP contribution in [-0.2, 0) is 6.61 Å². The van der Waals surface area contributed by atoms with Crippen molar-refractivity contribution in [2.75, 3.05) is 0 Å². The number of thiazole rings is 1. The van der Waals surface area contributed by atoms with E-state index >= 15 is 0 Å². The summed E-state index contributed by atoms with van der Waals surface area (Å²) >= 11 is 1.56. The molecule has 0 radical (unpaired) electrons. The van der Waals surface area contributed by atoms with Gasteiger partial charge in [-0.25, -0.2) is 4.98 Å². The number of hydrogen-bond acceptors (Lipinski definition) is 4. The van der Waals surface area contributed by atoms with Gasteiger partial charge < -0.3 is 4.74 Å². The molecule has 1 aromatic carbocycles. The summed E-state index contributed by atoms with van der Waals surface area (Å²) in [5, 5.41) is 11.5. The molecule has 1 heterocycles. The summed E-state index contributed by atoms with van der Waals surface area (Å²) in [5.41, 5.74) is 0.636. The summed E-state index contributed by atoms with van der Waals surface area (Å²) in [7, 11) is 0. The topological polar surface area (TPSA) is 45.9 Å². The lowest BCUT2D eigenvalue weighted by Crippen LogP contribution is -1.94. The van der Waals surface area contributed by atoms with Crippen LogP contribution >= 0.6 is 11.3 Å². The molecule has 0 unspecified atom stereocenters. The van der Waals surface area contributed by atoms with Gasteiger partial charge in [-0.15, -0.1) is 11.3 Å². The van der Waals surface area contributed by atoms with Gasteiger partial charge in [0.2, 0.25) is 0 Å². The van der Waals surface area contributed by atoms with Crippen molar-refractivity contribution >= 4 is 11.3 Å². The quantitative estimate of drug-likeness (QED) is 0.792. The van der Waals surface area contributed by atoms with Crippen LogP contribution in [-0.4, -0.2) is 4.98 Å². The summed E-state index contributed by atoms with van der Waals surface area (Å²) in [6.07, 6.45) is 1.75. The van der Waals surface area contributed by atoms with Gasteiger partial charge in [0.25, 0.3) is 0 Å². The highest BCUT2D eigenvalue weighted by Gasteiger charge is 1.97. The largest absolute Gasteiger partial charge is 0.486 e. The minimum Gasteiger partial charge on any atom is -0.486 e. The molecule has 2 aromatic rings. The Morgan fingerprint density at radius 1 is 1.33 bits per heavy atom. The lowest BCUT2D eigenvalue weighted by Gasteiger charge is -2.02. The molecule has 0 aliphatic rings. The Kier molecular flexibility index (Phi) is 2.96. The van der Waals surface area contributed by atoms with E-state index in [9.17, 15) is 0 Å². The van der Waals surface area contributed by atoms with Crippen molar-refractivity contribution < 1.29 is 4.74 Å². The Bertz CT molecular complexity index is 456. The SMILES string of the molecule is N#Cc1ccc(OCc2nccs2)cc1. The van der Waals surface area contributed by atoms with Crippen molar-refractivity contribution in [2.45, 2.75) is 6.61 Å². The minimum atomic E-state index is 0.476. The smallest absolute Gasteiger partial charge is 0.140 e. The third-order valence-corrected chi connectivity index (χ3v) is 2.58. The van der Waals surface area contributed by atoms with Gasteiger partial charge in [0.15, 0.2) is 0 Å². The van der Waals surface area contributed by atoms with Gasteiger partial charge in [-0.05, 0) is 24.3 Å². The van der Waals surface area contributed by atoms with E-state index in [0.717, 1.165) is 10.8 Å². The van der Waals surface area contributed by atoms with E-state index in [1.54, 1.807) is 41.8 Å². The summed E-state index contributed by atoms with van der Waals surface area (Å²) < 4.78 is 5.49. The van der Waals surface area contributed by atoms with Crippen LogP contribution in [0.1, 0.15) is 10.6 Å². The fraction of sp³-hybridized carbons (Fsp3) is 0.0909. The predicted molar refractivity (Wildman–Crippen MR) is 57.6 cm³/mol. The summed E-state index contributed by atoms with van der Waals surface area (Å²) in [6, 6.07) is 9.09. The second kappa shape index (κ2) is 4.58. The molecule has 0 fully saturated rings. The molecular weight excluding hydrogens is 208 g/mol. The molecule has 0 saturated carbocycles. The van der Waals surface area contributed by atoms with Gasteiger partial charge in [0.05, 0.1) is 11.6 Å². The van der Waals surface area contributed by atoms with Crippen molar-refractivity contribution in [3.63, 3.8) is 0 Å². The standard InChI is InChI=1S/C11H8N2OS/c12-7-9-1-3-10(4-2-9)14-8-11-13-5-6-15-11/h1-6H,8H2. The maximum atomic E-state index is 8.61. The van der Waals surface area contributed by atoms with Crippen LogP contribution in [0.4, 0.5) is 0 Å². The van der Waals surface area contributed by atoms with Gasteiger partial charge in [0.1, 0.15) is 17.4 Å². The molecule has 0 N–H and O–H groups in total. The lowest BCUT2D eigenvalue weighted by molar-refractivity contribution is 0.305. The van der Waals surface area contributed by atoms with E-state index in [0.29, 0.717) is 12.2 Å². The highest BCUT2D eigenvalue weighted by Crippen LogP contribution is 2.14. The van der Waals surface area contributed by atoms with Crippen LogP contribution in [0.2, 0.25) is 0 Å². The average molecular weight is 216 g/mol. The Morgan fingerprint density at radius 3 is 2.73 bits per heavy atom. The second-order valence-corrected chi connectivity index (χ2v) is 3.83. The fourth-order valence-electron chi connectivity index (χ4n) is 1.10. The minimum absolute atomic E-state index is 0.476. The summed E-state index contributed by atoms with van der Waals surface area (Å²) in [5.74, 6) is 0.754. The lowest BCUT2D eigenvalue weighted by atomic mass is 10.2. The monoisotopic (exact) mass is 216 g/mol. The zero-order valence-corrected chi connectivity index (χ0v) is 8.70. The van der Waals surface area contributed by atoms with Gasteiger partial charge in [-0.2, -0.15) is 5.26 Å². The molecule has 0 amide bonds. The van der Waals surface area contributed by atoms with Crippen LogP contribution in [0.25, 0.3) is 0 Å². The first-order valence-electron chi connectivity index (χ1n) is 4.40. The van der Waals surface area contributed by atoms with Crippen LogP contribution in [0.5, 0.6) is 5.75 Å². The first kappa shape index (κ1) is 9.69. The van der Waals surface area contributed by atoms with Gasteiger partial charge >= 0.3 is 0 Å². The molecule has 0 aliphatic heterocycles. The van der Waals surface area contributed by atoms with Crippen molar-refractivity contribution in [1.29, 1.82) is 5.26 Å². The molecule has 3 nitrogen and oxygen atoms in total. The summed E-state index contributed by atoms with van der Waals surface area (Å²) in [6.45, 7) is 0.476. The zero-order chi connectivity index (χ0) is 10.5. The molecule has 15 heavy (non-hydrogen) atoms. The molecule has 0 atom stereocenters. The maximum absolute atomic E-state index is 8.61. The Morgan fingerprint density at radius 2 is 2.13 bits per heavy atom. The molecule has 74 valence electrons. The first-order valence-corrected chi connectivity index (χ1v) is 5.28. The Balaban J connectivity index is 1.97. The Labute approximate surface area is 91.6 Å².